The minimum absolute atomic E-state index is 0. The number of carbonyl (C=O) groups excluding carboxylic acids is 1. The van der Waals surface area contributed by atoms with Gasteiger partial charge in [-0.25, -0.2) is 4.99 Å². The molecule has 3 aromatic rings. The van der Waals surface area contributed by atoms with E-state index in [-0.39, 0.29) is 35.6 Å². The van der Waals surface area contributed by atoms with Gasteiger partial charge < -0.3 is 20.8 Å². The van der Waals surface area contributed by atoms with E-state index in [1.54, 1.807) is 12.1 Å². The van der Waals surface area contributed by atoms with E-state index < -0.39 is 0 Å². The van der Waals surface area contributed by atoms with E-state index in [2.05, 4.69) is 21.7 Å². The highest BCUT2D eigenvalue weighted by molar-refractivity contribution is 14.0. The molecule has 0 spiro atoms. The van der Waals surface area contributed by atoms with E-state index in [0.717, 1.165) is 22.4 Å². The molecule has 7 heteroatoms. The molecular weight excluding hydrogens is 467 g/mol. The molecule has 0 fully saturated rings. The predicted octanol–water partition coefficient (Wildman–Crippen LogP) is 4.69. The van der Waals surface area contributed by atoms with Gasteiger partial charge in [-0.1, -0.05) is 18.2 Å². The Balaban J connectivity index is 0.00000280. The van der Waals surface area contributed by atoms with Crippen molar-refractivity contribution in [2.75, 3.05) is 10.6 Å². The third kappa shape index (κ3) is 6.12. The second-order valence-corrected chi connectivity index (χ2v) is 6.33. The third-order valence-electron chi connectivity index (χ3n) is 3.86. The smallest absolute Gasteiger partial charge is 0.291 e. The number of rotatable bonds is 5. The molecule has 0 aliphatic rings. The molecule has 1 aromatic heterocycles. The number of hydrogen-bond acceptors (Lipinski definition) is 3. The molecule has 6 nitrogen and oxygen atoms in total. The van der Waals surface area contributed by atoms with Crippen molar-refractivity contribution in [1.29, 1.82) is 0 Å². The number of aryl methyl sites for hydroxylation is 2. The molecule has 0 bridgehead atoms. The molecule has 146 valence electrons. The Morgan fingerprint density at radius 3 is 2.43 bits per heavy atom. The summed E-state index contributed by atoms with van der Waals surface area (Å²) in [6.45, 7) is 4.47. The van der Waals surface area contributed by atoms with Crippen LogP contribution in [0.5, 0.6) is 0 Å². The number of nitrogens with one attached hydrogen (secondary N) is 2. The lowest BCUT2D eigenvalue weighted by atomic mass is 10.1. The molecule has 0 atom stereocenters. The molecule has 1 amide bonds. The number of nitrogens with zero attached hydrogens (tertiary/aromatic N) is 1. The monoisotopic (exact) mass is 490 g/mol. The summed E-state index contributed by atoms with van der Waals surface area (Å²) in [6, 6.07) is 16.9. The molecule has 28 heavy (non-hydrogen) atoms. The van der Waals surface area contributed by atoms with Crippen LogP contribution in [-0.2, 0) is 6.54 Å². The van der Waals surface area contributed by atoms with Gasteiger partial charge >= 0.3 is 0 Å². The summed E-state index contributed by atoms with van der Waals surface area (Å²) in [7, 11) is 0. The van der Waals surface area contributed by atoms with E-state index in [0.29, 0.717) is 18.2 Å². The lowest BCUT2D eigenvalue weighted by Crippen LogP contribution is -2.22. The van der Waals surface area contributed by atoms with Crippen LogP contribution < -0.4 is 16.4 Å². The number of nitrogens with two attached hydrogens (primary N) is 1. The van der Waals surface area contributed by atoms with Gasteiger partial charge in [0.2, 0.25) is 0 Å². The molecule has 3 rings (SSSR count). The van der Waals surface area contributed by atoms with Crippen molar-refractivity contribution in [2.45, 2.75) is 20.4 Å². The van der Waals surface area contributed by atoms with Crippen molar-refractivity contribution >= 4 is 47.2 Å². The number of benzene rings is 2. The normalized spacial score (nSPS) is 10.9. The summed E-state index contributed by atoms with van der Waals surface area (Å²) in [4.78, 5) is 16.4. The van der Waals surface area contributed by atoms with E-state index in [1.165, 1.54) is 6.26 Å². The Bertz CT molecular complexity index is 948. The molecular formula is C21H23IN4O2. The number of guanidine groups is 1. The first-order valence-corrected chi connectivity index (χ1v) is 8.58. The summed E-state index contributed by atoms with van der Waals surface area (Å²) < 4.78 is 5.09. The Kier molecular flexibility index (Phi) is 7.62. The van der Waals surface area contributed by atoms with Crippen LogP contribution >= 0.6 is 24.0 Å². The third-order valence-corrected chi connectivity index (χ3v) is 3.86. The van der Waals surface area contributed by atoms with E-state index >= 15 is 0 Å². The topological polar surface area (TPSA) is 92.6 Å². The lowest BCUT2D eigenvalue weighted by Gasteiger charge is -2.08. The Hall–Kier alpha value is -2.81. The largest absolute Gasteiger partial charge is 0.459 e. The fraction of sp³-hybridized carbons (Fsp3) is 0.143. The number of halogens is 1. The fourth-order valence-electron chi connectivity index (χ4n) is 2.76. The maximum Gasteiger partial charge on any atom is 0.291 e. The molecule has 0 unspecified atom stereocenters. The number of furan rings is 1. The summed E-state index contributed by atoms with van der Waals surface area (Å²) >= 11 is 0. The van der Waals surface area contributed by atoms with Crippen LogP contribution in [0.15, 0.2) is 70.3 Å². The second kappa shape index (κ2) is 9.93. The SMILES string of the molecule is Cc1cc(C)cc(NC(N)=NCc2cccc(NC(=O)c3ccco3)c2)c1.I. The lowest BCUT2D eigenvalue weighted by molar-refractivity contribution is 0.0996. The van der Waals surface area contributed by atoms with Crippen molar-refractivity contribution in [3.05, 3.63) is 83.3 Å². The van der Waals surface area contributed by atoms with Gasteiger partial charge in [0.15, 0.2) is 11.7 Å². The molecule has 0 aliphatic heterocycles. The highest BCUT2D eigenvalue weighted by atomic mass is 127. The summed E-state index contributed by atoms with van der Waals surface area (Å²) in [5.41, 5.74) is 10.8. The molecule has 0 saturated heterocycles. The van der Waals surface area contributed by atoms with Crippen LogP contribution in [-0.4, -0.2) is 11.9 Å². The van der Waals surface area contributed by atoms with Crippen LogP contribution in [0.4, 0.5) is 11.4 Å². The van der Waals surface area contributed by atoms with Crippen molar-refractivity contribution in [3.63, 3.8) is 0 Å². The number of anilines is 2. The van der Waals surface area contributed by atoms with Crippen molar-refractivity contribution in [2.24, 2.45) is 10.7 Å². The second-order valence-electron chi connectivity index (χ2n) is 6.33. The van der Waals surface area contributed by atoms with Crippen LogP contribution in [0.25, 0.3) is 0 Å². The first kappa shape index (κ1) is 21.5. The minimum atomic E-state index is -0.295. The molecule has 0 aliphatic carbocycles. The maximum absolute atomic E-state index is 12.0. The maximum atomic E-state index is 12.0. The number of aliphatic imine (C=N–C) groups is 1. The highest BCUT2D eigenvalue weighted by Crippen LogP contribution is 2.15. The van der Waals surface area contributed by atoms with Crippen molar-refractivity contribution in [3.8, 4) is 0 Å². The van der Waals surface area contributed by atoms with Gasteiger partial charge in [-0.2, -0.15) is 0 Å². The van der Waals surface area contributed by atoms with Crippen LogP contribution in [0.1, 0.15) is 27.2 Å². The number of amides is 1. The summed E-state index contributed by atoms with van der Waals surface area (Å²) in [5.74, 6) is 0.307. The highest BCUT2D eigenvalue weighted by Gasteiger charge is 2.08. The average molecular weight is 490 g/mol. The molecule has 4 N–H and O–H groups in total. The van der Waals surface area contributed by atoms with E-state index in [9.17, 15) is 4.79 Å². The Labute approximate surface area is 181 Å². The Morgan fingerprint density at radius 2 is 1.75 bits per heavy atom. The van der Waals surface area contributed by atoms with Gasteiger partial charge in [0, 0.05) is 11.4 Å². The first-order valence-electron chi connectivity index (χ1n) is 8.58. The van der Waals surface area contributed by atoms with Crippen molar-refractivity contribution < 1.29 is 9.21 Å². The first-order chi connectivity index (χ1) is 13.0. The predicted molar refractivity (Wildman–Crippen MR) is 123 cm³/mol. The fourth-order valence-corrected chi connectivity index (χ4v) is 2.76. The van der Waals surface area contributed by atoms with E-state index in [4.69, 9.17) is 10.2 Å². The zero-order valence-corrected chi connectivity index (χ0v) is 18.1. The van der Waals surface area contributed by atoms with Gasteiger partial charge in [-0.3, -0.25) is 4.79 Å². The molecule has 1 heterocycles. The minimum Gasteiger partial charge on any atom is -0.459 e. The molecule has 0 radical (unpaired) electrons. The van der Waals surface area contributed by atoms with Crippen LogP contribution in [0.2, 0.25) is 0 Å². The van der Waals surface area contributed by atoms with Gasteiger partial charge in [0.1, 0.15) is 0 Å². The number of hydrogen-bond donors (Lipinski definition) is 3. The van der Waals surface area contributed by atoms with Crippen LogP contribution in [0.3, 0.4) is 0 Å². The summed E-state index contributed by atoms with van der Waals surface area (Å²) in [6.07, 6.45) is 1.46. The summed E-state index contributed by atoms with van der Waals surface area (Å²) in [5, 5.41) is 5.90. The quantitative estimate of drug-likeness (QED) is 0.275. The van der Waals surface area contributed by atoms with Crippen molar-refractivity contribution in [1.82, 2.24) is 0 Å². The van der Waals surface area contributed by atoms with Gasteiger partial charge in [0.25, 0.3) is 5.91 Å². The molecule has 2 aromatic carbocycles. The Morgan fingerprint density at radius 1 is 1.00 bits per heavy atom. The zero-order valence-electron chi connectivity index (χ0n) is 15.7. The van der Waals surface area contributed by atoms with Gasteiger partial charge in [-0.15, -0.1) is 24.0 Å². The van der Waals surface area contributed by atoms with Gasteiger partial charge in [-0.05, 0) is 66.9 Å². The van der Waals surface area contributed by atoms with Crippen LogP contribution in [0, 0.1) is 13.8 Å². The molecule has 0 saturated carbocycles. The standard InChI is InChI=1S/C21H22N4O2.HI/c1-14-9-15(2)11-18(10-14)25-21(22)23-13-16-5-3-6-17(12-16)24-20(26)19-7-4-8-27-19;/h3-12H,13H2,1-2H3,(H,24,26)(H3,22,23,25);1H. The number of carbonyl (C=O) groups is 1. The van der Waals surface area contributed by atoms with E-state index in [1.807, 2.05) is 50.2 Å². The average Bonchev–Trinajstić information content (AvgIpc) is 3.14. The van der Waals surface area contributed by atoms with Gasteiger partial charge in [0.05, 0.1) is 12.8 Å². The zero-order chi connectivity index (χ0) is 19.2.